The van der Waals surface area contributed by atoms with E-state index < -0.39 is 0 Å². The second-order valence-electron chi connectivity index (χ2n) is 5.01. The number of halogens is 1. The Bertz CT molecular complexity index is 952. The molecule has 6 heteroatoms. The summed E-state index contributed by atoms with van der Waals surface area (Å²) in [7, 11) is 1.86. The third-order valence-electron chi connectivity index (χ3n) is 3.53. The lowest BCUT2D eigenvalue weighted by Crippen LogP contribution is -1.92. The number of fused-ring (bicyclic) bond motifs is 1. The van der Waals surface area contributed by atoms with Crippen LogP contribution in [0.4, 0.5) is 4.39 Å². The summed E-state index contributed by atoms with van der Waals surface area (Å²) in [5.74, 6) is -0.263. The molecule has 0 N–H and O–H groups in total. The smallest absolute Gasteiger partial charge is 0.161 e. The summed E-state index contributed by atoms with van der Waals surface area (Å²) >= 11 is 0. The van der Waals surface area contributed by atoms with Crippen LogP contribution in [0.15, 0.2) is 55.1 Å². The maximum Gasteiger partial charge on any atom is 0.161 e. The zero-order valence-corrected chi connectivity index (χ0v) is 11.8. The molecule has 1 aromatic carbocycles. The first-order chi connectivity index (χ1) is 10.7. The molecule has 5 nitrogen and oxygen atoms in total. The second-order valence-corrected chi connectivity index (χ2v) is 5.01. The van der Waals surface area contributed by atoms with Gasteiger partial charge in [0.1, 0.15) is 11.5 Å². The van der Waals surface area contributed by atoms with Crippen molar-refractivity contribution in [1.82, 2.24) is 24.4 Å². The number of benzene rings is 1. The number of imidazole rings is 1. The van der Waals surface area contributed by atoms with Crippen molar-refractivity contribution >= 4 is 5.65 Å². The standard InChI is InChI=1S/C16H12FN5/c1-21-10-14(13-6-7-19-22-9-8-18-16(13)22)15(20-21)11-2-4-12(17)5-3-11/h2-10H,1H3. The fourth-order valence-electron chi connectivity index (χ4n) is 2.55. The van der Waals surface area contributed by atoms with E-state index in [1.54, 1.807) is 39.9 Å². The van der Waals surface area contributed by atoms with E-state index in [1.807, 2.05) is 19.3 Å². The molecule has 0 unspecified atom stereocenters. The van der Waals surface area contributed by atoms with Crippen LogP contribution in [0.2, 0.25) is 0 Å². The zero-order valence-electron chi connectivity index (χ0n) is 11.8. The minimum Gasteiger partial charge on any atom is -0.275 e. The lowest BCUT2D eigenvalue weighted by Gasteiger charge is -2.04. The molecule has 3 heterocycles. The Kier molecular flexibility index (Phi) is 2.75. The maximum atomic E-state index is 13.2. The van der Waals surface area contributed by atoms with Crippen LogP contribution in [-0.4, -0.2) is 24.4 Å². The van der Waals surface area contributed by atoms with Crippen molar-refractivity contribution in [3.63, 3.8) is 0 Å². The number of rotatable bonds is 2. The van der Waals surface area contributed by atoms with Gasteiger partial charge in [-0.1, -0.05) is 0 Å². The summed E-state index contributed by atoms with van der Waals surface area (Å²) in [5, 5.41) is 8.74. The quantitative estimate of drug-likeness (QED) is 0.571. The molecule has 0 aliphatic carbocycles. The predicted molar refractivity (Wildman–Crippen MR) is 80.6 cm³/mol. The van der Waals surface area contributed by atoms with Crippen molar-refractivity contribution in [2.75, 3.05) is 0 Å². The Hall–Kier alpha value is -3.02. The fraction of sp³-hybridized carbons (Fsp3) is 0.0625. The molecule has 0 saturated carbocycles. The minimum atomic E-state index is -0.263. The summed E-state index contributed by atoms with van der Waals surface area (Å²) < 4.78 is 16.6. The molecule has 0 aliphatic rings. The van der Waals surface area contributed by atoms with Gasteiger partial charge in [0.25, 0.3) is 0 Å². The van der Waals surface area contributed by atoms with Crippen LogP contribution in [0.3, 0.4) is 0 Å². The van der Waals surface area contributed by atoms with Crippen molar-refractivity contribution in [2.24, 2.45) is 7.05 Å². The lowest BCUT2D eigenvalue weighted by molar-refractivity contribution is 0.628. The molecule has 3 aromatic heterocycles. The highest BCUT2D eigenvalue weighted by Gasteiger charge is 2.15. The molecule has 108 valence electrons. The third-order valence-corrected chi connectivity index (χ3v) is 3.53. The Labute approximate surface area is 125 Å². The molecule has 0 fully saturated rings. The SMILES string of the molecule is Cn1cc(-c2ccnn3ccnc23)c(-c2ccc(F)cc2)n1. The number of aryl methyl sites for hydroxylation is 1. The van der Waals surface area contributed by atoms with Gasteiger partial charge in [-0.3, -0.25) is 4.68 Å². The second kappa shape index (κ2) is 4.77. The molecule has 0 saturated heterocycles. The van der Waals surface area contributed by atoms with Gasteiger partial charge in [-0.15, -0.1) is 0 Å². The van der Waals surface area contributed by atoms with E-state index >= 15 is 0 Å². The molecule has 0 aliphatic heterocycles. The van der Waals surface area contributed by atoms with Gasteiger partial charge in [-0.25, -0.2) is 13.9 Å². The van der Waals surface area contributed by atoms with Gasteiger partial charge in [-0.05, 0) is 30.3 Å². The van der Waals surface area contributed by atoms with E-state index in [9.17, 15) is 4.39 Å². The fourth-order valence-corrected chi connectivity index (χ4v) is 2.55. The molecule has 4 rings (SSSR count). The van der Waals surface area contributed by atoms with Gasteiger partial charge in [0.2, 0.25) is 0 Å². The van der Waals surface area contributed by atoms with Gasteiger partial charge in [0, 0.05) is 48.5 Å². The summed E-state index contributed by atoms with van der Waals surface area (Å²) in [6, 6.07) is 8.24. The van der Waals surface area contributed by atoms with Crippen LogP contribution >= 0.6 is 0 Å². The van der Waals surface area contributed by atoms with Gasteiger partial charge in [-0.2, -0.15) is 10.2 Å². The molecular weight excluding hydrogens is 281 g/mol. The van der Waals surface area contributed by atoms with Gasteiger partial charge in [0.05, 0.1) is 0 Å². The third kappa shape index (κ3) is 1.96. The highest BCUT2D eigenvalue weighted by molar-refractivity contribution is 5.86. The average molecular weight is 293 g/mol. The predicted octanol–water partition coefficient (Wildman–Crippen LogP) is 2.94. The average Bonchev–Trinajstić information content (AvgIpc) is 3.14. The van der Waals surface area contributed by atoms with E-state index in [-0.39, 0.29) is 5.82 Å². The van der Waals surface area contributed by atoms with E-state index in [0.717, 1.165) is 28.0 Å². The van der Waals surface area contributed by atoms with Gasteiger partial charge >= 0.3 is 0 Å². The number of hydrogen-bond donors (Lipinski definition) is 0. The van der Waals surface area contributed by atoms with Crippen molar-refractivity contribution in [3.8, 4) is 22.4 Å². The van der Waals surface area contributed by atoms with E-state index in [2.05, 4.69) is 15.2 Å². The van der Waals surface area contributed by atoms with Gasteiger partial charge in [0.15, 0.2) is 5.65 Å². The van der Waals surface area contributed by atoms with Crippen LogP contribution in [0.5, 0.6) is 0 Å². The molecule has 0 bridgehead atoms. The summed E-state index contributed by atoms with van der Waals surface area (Å²) in [5.41, 5.74) is 4.29. The molecule has 0 radical (unpaired) electrons. The van der Waals surface area contributed by atoms with Crippen molar-refractivity contribution in [2.45, 2.75) is 0 Å². The van der Waals surface area contributed by atoms with Crippen LogP contribution in [0, 0.1) is 5.82 Å². The normalized spacial score (nSPS) is 11.2. The molecule has 4 aromatic rings. The summed E-state index contributed by atoms with van der Waals surface area (Å²) in [6.45, 7) is 0. The summed E-state index contributed by atoms with van der Waals surface area (Å²) in [6.07, 6.45) is 7.17. The van der Waals surface area contributed by atoms with E-state index in [4.69, 9.17) is 0 Å². The van der Waals surface area contributed by atoms with Crippen molar-refractivity contribution < 1.29 is 4.39 Å². The zero-order chi connectivity index (χ0) is 15.1. The van der Waals surface area contributed by atoms with Gasteiger partial charge < -0.3 is 0 Å². The van der Waals surface area contributed by atoms with Crippen molar-refractivity contribution in [1.29, 1.82) is 0 Å². The molecule has 0 amide bonds. The topological polar surface area (TPSA) is 48.0 Å². The van der Waals surface area contributed by atoms with Crippen LogP contribution in [0.1, 0.15) is 0 Å². The minimum absolute atomic E-state index is 0.263. The first kappa shape index (κ1) is 12.7. The maximum absolute atomic E-state index is 13.2. The first-order valence-electron chi connectivity index (χ1n) is 6.81. The van der Waals surface area contributed by atoms with Crippen molar-refractivity contribution in [3.05, 3.63) is 60.9 Å². The Morgan fingerprint density at radius 1 is 1.00 bits per heavy atom. The van der Waals surface area contributed by atoms with Crippen LogP contribution < -0.4 is 0 Å². The highest BCUT2D eigenvalue weighted by atomic mass is 19.1. The van der Waals surface area contributed by atoms with Crippen LogP contribution in [0.25, 0.3) is 28.0 Å². The van der Waals surface area contributed by atoms with E-state index in [0.29, 0.717) is 0 Å². The highest BCUT2D eigenvalue weighted by Crippen LogP contribution is 2.32. The molecule has 22 heavy (non-hydrogen) atoms. The monoisotopic (exact) mass is 293 g/mol. The summed E-state index contributed by atoms with van der Waals surface area (Å²) in [4.78, 5) is 4.36. The number of aromatic nitrogens is 5. The lowest BCUT2D eigenvalue weighted by atomic mass is 10.0. The number of nitrogens with zero attached hydrogens (tertiary/aromatic N) is 5. The Morgan fingerprint density at radius 2 is 1.82 bits per heavy atom. The molecule has 0 spiro atoms. The largest absolute Gasteiger partial charge is 0.275 e. The Morgan fingerprint density at radius 3 is 2.64 bits per heavy atom. The number of hydrogen-bond acceptors (Lipinski definition) is 3. The molecule has 0 atom stereocenters. The van der Waals surface area contributed by atoms with Crippen LogP contribution in [-0.2, 0) is 7.05 Å². The molecular formula is C16H12FN5. The first-order valence-corrected chi connectivity index (χ1v) is 6.81. The Balaban J connectivity index is 1.96. The van der Waals surface area contributed by atoms with E-state index in [1.165, 1.54) is 12.1 Å².